The fourth-order valence-electron chi connectivity index (χ4n) is 3.80. The lowest BCUT2D eigenvalue weighted by Gasteiger charge is -2.25. The van der Waals surface area contributed by atoms with Gasteiger partial charge in [0.05, 0.1) is 18.7 Å². The Balaban J connectivity index is 1.61. The second-order valence-electron chi connectivity index (χ2n) is 7.29. The zero-order valence-electron chi connectivity index (χ0n) is 16.5. The second kappa shape index (κ2) is 9.15. The van der Waals surface area contributed by atoms with Gasteiger partial charge in [-0.1, -0.05) is 43.2 Å². The van der Waals surface area contributed by atoms with Gasteiger partial charge in [-0.05, 0) is 54.8 Å². The molecule has 0 aliphatic heterocycles. The molecule has 5 nitrogen and oxygen atoms in total. The smallest absolute Gasteiger partial charge is 0.192 e. The summed E-state index contributed by atoms with van der Waals surface area (Å²) in [6, 6.07) is 18.4. The molecule has 0 unspecified atom stereocenters. The largest absolute Gasteiger partial charge is 0.497 e. The third-order valence-electron chi connectivity index (χ3n) is 5.40. The van der Waals surface area contributed by atoms with E-state index in [4.69, 9.17) is 10.00 Å². The maximum absolute atomic E-state index is 8.98. The van der Waals surface area contributed by atoms with Crippen LogP contribution in [-0.4, -0.2) is 21.9 Å². The molecule has 1 heterocycles. The quantitative estimate of drug-likeness (QED) is 0.499. The molecule has 6 heteroatoms. The highest BCUT2D eigenvalue weighted by Crippen LogP contribution is 2.36. The van der Waals surface area contributed by atoms with Crippen molar-refractivity contribution in [1.29, 1.82) is 5.26 Å². The summed E-state index contributed by atoms with van der Waals surface area (Å²) in [5.74, 6) is 2.58. The van der Waals surface area contributed by atoms with Gasteiger partial charge in [-0.3, -0.25) is 4.57 Å². The molecule has 29 heavy (non-hydrogen) atoms. The van der Waals surface area contributed by atoms with E-state index in [0.29, 0.717) is 11.6 Å². The summed E-state index contributed by atoms with van der Waals surface area (Å²) in [5.41, 5.74) is 2.93. The van der Waals surface area contributed by atoms with Crippen molar-refractivity contribution in [2.45, 2.75) is 49.1 Å². The predicted octanol–water partition coefficient (Wildman–Crippen LogP) is 5.62. The Hall–Kier alpha value is -2.78. The van der Waals surface area contributed by atoms with Crippen molar-refractivity contribution < 1.29 is 4.74 Å². The number of aromatic nitrogens is 3. The van der Waals surface area contributed by atoms with Crippen LogP contribution >= 0.6 is 11.8 Å². The van der Waals surface area contributed by atoms with Gasteiger partial charge in [0.2, 0.25) is 0 Å². The van der Waals surface area contributed by atoms with Crippen LogP contribution in [0.2, 0.25) is 0 Å². The average molecular weight is 405 g/mol. The molecule has 0 spiro atoms. The SMILES string of the molecule is COc1ccc(-c2nnc(SCc3ccc(C#N)cc3)n2C2CCCCC2)cc1. The van der Waals surface area contributed by atoms with Gasteiger partial charge in [0.15, 0.2) is 11.0 Å². The topological polar surface area (TPSA) is 63.7 Å². The summed E-state index contributed by atoms with van der Waals surface area (Å²) in [7, 11) is 1.68. The molecule has 0 atom stereocenters. The monoisotopic (exact) mass is 404 g/mol. The summed E-state index contributed by atoms with van der Waals surface area (Å²) in [6.07, 6.45) is 6.16. The molecule has 0 saturated heterocycles. The Morgan fingerprint density at radius 2 is 1.76 bits per heavy atom. The molecule has 0 amide bonds. The molecule has 0 bridgehead atoms. The van der Waals surface area contributed by atoms with Crippen LogP contribution < -0.4 is 4.74 Å². The molecule has 4 rings (SSSR count). The number of nitrogens with zero attached hydrogens (tertiary/aromatic N) is 4. The first-order valence-electron chi connectivity index (χ1n) is 9.99. The third-order valence-corrected chi connectivity index (χ3v) is 6.42. The highest BCUT2D eigenvalue weighted by molar-refractivity contribution is 7.98. The van der Waals surface area contributed by atoms with Crippen LogP contribution in [0.25, 0.3) is 11.4 Å². The van der Waals surface area contributed by atoms with Crippen molar-refractivity contribution in [2.24, 2.45) is 0 Å². The van der Waals surface area contributed by atoms with Crippen LogP contribution in [0.5, 0.6) is 5.75 Å². The standard InChI is InChI=1S/C23H24N4OS/c1-28-21-13-11-19(12-14-21)22-25-26-23(27(22)20-5-3-2-4-6-20)29-16-18-9-7-17(15-24)8-10-18/h7-14,20H,2-6,16H2,1H3. The van der Waals surface area contributed by atoms with E-state index in [2.05, 4.69) is 33.0 Å². The van der Waals surface area contributed by atoms with Gasteiger partial charge >= 0.3 is 0 Å². The van der Waals surface area contributed by atoms with Gasteiger partial charge in [0.1, 0.15) is 5.75 Å². The third kappa shape index (κ3) is 4.46. The van der Waals surface area contributed by atoms with Crippen molar-refractivity contribution in [3.63, 3.8) is 0 Å². The maximum atomic E-state index is 8.98. The predicted molar refractivity (Wildman–Crippen MR) is 115 cm³/mol. The highest BCUT2D eigenvalue weighted by Gasteiger charge is 2.23. The zero-order chi connectivity index (χ0) is 20.1. The molecular weight excluding hydrogens is 380 g/mol. The van der Waals surface area contributed by atoms with E-state index in [1.54, 1.807) is 18.9 Å². The number of hydrogen-bond acceptors (Lipinski definition) is 5. The first-order valence-corrected chi connectivity index (χ1v) is 11.0. The number of thioether (sulfide) groups is 1. The number of methoxy groups -OCH3 is 1. The van der Waals surface area contributed by atoms with Gasteiger partial charge in [-0.15, -0.1) is 10.2 Å². The minimum absolute atomic E-state index is 0.444. The van der Waals surface area contributed by atoms with Crippen LogP contribution in [0.4, 0.5) is 0 Å². The fourth-order valence-corrected chi connectivity index (χ4v) is 4.77. The van der Waals surface area contributed by atoms with Crippen molar-refractivity contribution in [3.05, 3.63) is 59.7 Å². The van der Waals surface area contributed by atoms with Gasteiger partial charge in [-0.25, -0.2) is 0 Å². The summed E-state index contributed by atoms with van der Waals surface area (Å²) >= 11 is 1.71. The van der Waals surface area contributed by atoms with E-state index in [1.807, 2.05) is 36.4 Å². The Bertz CT molecular complexity index is 983. The highest BCUT2D eigenvalue weighted by atomic mass is 32.2. The number of ether oxygens (including phenoxy) is 1. The van der Waals surface area contributed by atoms with Crippen molar-refractivity contribution in [3.8, 4) is 23.2 Å². The zero-order valence-corrected chi connectivity index (χ0v) is 17.4. The van der Waals surface area contributed by atoms with E-state index >= 15 is 0 Å². The lowest BCUT2D eigenvalue weighted by molar-refractivity contribution is 0.339. The maximum Gasteiger partial charge on any atom is 0.192 e. The van der Waals surface area contributed by atoms with Crippen LogP contribution in [-0.2, 0) is 5.75 Å². The van der Waals surface area contributed by atoms with Crippen LogP contribution in [0.1, 0.15) is 49.3 Å². The van der Waals surface area contributed by atoms with E-state index in [1.165, 1.54) is 37.7 Å². The number of nitriles is 1. The van der Waals surface area contributed by atoms with E-state index in [-0.39, 0.29) is 0 Å². The minimum atomic E-state index is 0.444. The van der Waals surface area contributed by atoms with Crippen LogP contribution in [0, 0.1) is 11.3 Å². The Morgan fingerprint density at radius 3 is 2.41 bits per heavy atom. The lowest BCUT2D eigenvalue weighted by Crippen LogP contribution is -2.15. The molecule has 1 aliphatic rings. The molecule has 148 valence electrons. The Labute approximate surface area is 175 Å². The number of rotatable bonds is 6. The molecule has 2 aromatic carbocycles. The van der Waals surface area contributed by atoms with Gasteiger partial charge in [0, 0.05) is 17.4 Å². The van der Waals surface area contributed by atoms with Gasteiger partial charge in [0.25, 0.3) is 0 Å². The summed E-state index contributed by atoms with van der Waals surface area (Å²) in [6.45, 7) is 0. The second-order valence-corrected chi connectivity index (χ2v) is 8.24. The summed E-state index contributed by atoms with van der Waals surface area (Å²) in [5, 5.41) is 19.1. The molecule has 1 fully saturated rings. The molecule has 0 radical (unpaired) electrons. The summed E-state index contributed by atoms with van der Waals surface area (Å²) in [4.78, 5) is 0. The van der Waals surface area contributed by atoms with Crippen molar-refractivity contribution in [1.82, 2.24) is 14.8 Å². The lowest BCUT2D eigenvalue weighted by atomic mass is 9.95. The first kappa shape index (κ1) is 19.5. The Morgan fingerprint density at radius 1 is 1.03 bits per heavy atom. The van der Waals surface area contributed by atoms with E-state index < -0.39 is 0 Å². The molecule has 1 aromatic heterocycles. The van der Waals surface area contributed by atoms with Crippen LogP contribution in [0.15, 0.2) is 53.7 Å². The van der Waals surface area contributed by atoms with E-state index in [0.717, 1.165) is 28.0 Å². The number of hydrogen-bond donors (Lipinski definition) is 0. The fraction of sp³-hybridized carbons (Fsp3) is 0.348. The normalized spacial score (nSPS) is 14.5. The van der Waals surface area contributed by atoms with Crippen LogP contribution in [0.3, 0.4) is 0 Å². The molecular formula is C23H24N4OS. The van der Waals surface area contributed by atoms with E-state index in [9.17, 15) is 0 Å². The minimum Gasteiger partial charge on any atom is -0.497 e. The van der Waals surface area contributed by atoms with Gasteiger partial charge in [-0.2, -0.15) is 5.26 Å². The van der Waals surface area contributed by atoms with Gasteiger partial charge < -0.3 is 4.74 Å². The molecule has 1 saturated carbocycles. The molecule has 3 aromatic rings. The van der Waals surface area contributed by atoms with Crippen molar-refractivity contribution in [2.75, 3.05) is 7.11 Å². The molecule has 1 aliphatic carbocycles. The summed E-state index contributed by atoms with van der Waals surface area (Å²) < 4.78 is 7.64. The molecule has 0 N–H and O–H groups in total. The number of benzene rings is 2. The average Bonchev–Trinajstić information content (AvgIpc) is 3.22. The Kier molecular flexibility index (Phi) is 6.16. The first-order chi connectivity index (χ1) is 14.3. The van der Waals surface area contributed by atoms with Crippen molar-refractivity contribution >= 4 is 11.8 Å².